The van der Waals surface area contributed by atoms with Crippen molar-refractivity contribution in [3.8, 4) is 0 Å². The molecule has 0 aromatic carbocycles. The lowest BCUT2D eigenvalue weighted by molar-refractivity contribution is -0.229. The maximum Gasteiger partial charge on any atom is 0.333 e. The number of rotatable bonds is 2. The highest BCUT2D eigenvalue weighted by Crippen LogP contribution is 2.26. The van der Waals surface area contributed by atoms with Crippen molar-refractivity contribution in [1.82, 2.24) is 0 Å². The van der Waals surface area contributed by atoms with Crippen molar-refractivity contribution >= 4 is 11.9 Å². The molecule has 0 aromatic heterocycles. The summed E-state index contributed by atoms with van der Waals surface area (Å²) < 4.78 is 9.81. The van der Waals surface area contributed by atoms with Crippen LogP contribution in [0, 0.1) is 0 Å². The van der Waals surface area contributed by atoms with Crippen LogP contribution in [-0.4, -0.2) is 17.7 Å². The Bertz CT molecular complexity index is 246. The van der Waals surface area contributed by atoms with Gasteiger partial charge in [-0.05, 0) is 6.42 Å². The van der Waals surface area contributed by atoms with Crippen molar-refractivity contribution < 1.29 is 19.1 Å². The van der Waals surface area contributed by atoms with Gasteiger partial charge in [-0.1, -0.05) is 6.58 Å². The summed E-state index contributed by atoms with van der Waals surface area (Å²) in [5, 5.41) is 0. The topological polar surface area (TPSA) is 52.6 Å². The van der Waals surface area contributed by atoms with Gasteiger partial charge in [-0.2, -0.15) is 0 Å². The lowest BCUT2D eigenvalue weighted by atomic mass is 10.1. The highest BCUT2D eigenvalue weighted by molar-refractivity contribution is 5.81. The summed E-state index contributed by atoms with van der Waals surface area (Å²) >= 11 is 0. The predicted octanol–water partition coefficient (Wildman–Crippen LogP) is 1.16. The summed E-state index contributed by atoms with van der Waals surface area (Å²) in [4.78, 5) is 21.8. The van der Waals surface area contributed by atoms with E-state index in [0.29, 0.717) is 19.3 Å². The average Bonchev–Trinajstić information content (AvgIpc) is 2.02. The zero-order chi connectivity index (χ0) is 9.90. The van der Waals surface area contributed by atoms with E-state index in [-0.39, 0.29) is 5.97 Å². The largest absolute Gasteiger partial charge is 0.423 e. The Labute approximate surface area is 76.5 Å². The van der Waals surface area contributed by atoms with Crippen LogP contribution in [0.25, 0.3) is 0 Å². The van der Waals surface area contributed by atoms with E-state index in [9.17, 15) is 9.59 Å². The second-order valence-electron chi connectivity index (χ2n) is 3.09. The molecule has 0 spiro atoms. The number of cyclic esters (lactones) is 1. The number of ether oxygens (including phenoxy) is 2. The first-order valence-corrected chi connectivity index (χ1v) is 4.13. The Morgan fingerprint density at radius 1 is 1.77 bits per heavy atom. The SMILES string of the molecule is C=CC(=O)OC1(C)CCCC(=O)O1. The molecular formula is C9H12O4. The summed E-state index contributed by atoms with van der Waals surface area (Å²) in [6, 6.07) is 0. The van der Waals surface area contributed by atoms with Gasteiger partial charge in [0.25, 0.3) is 5.79 Å². The van der Waals surface area contributed by atoms with Gasteiger partial charge in [0.15, 0.2) is 0 Å². The molecule has 1 fully saturated rings. The number of esters is 2. The lowest BCUT2D eigenvalue weighted by Crippen LogP contribution is -2.39. The van der Waals surface area contributed by atoms with Gasteiger partial charge in [-0.25, -0.2) is 4.79 Å². The van der Waals surface area contributed by atoms with Crippen molar-refractivity contribution in [2.24, 2.45) is 0 Å². The summed E-state index contributed by atoms with van der Waals surface area (Å²) in [6.45, 7) is 4.84. The van der Waals surface area contributed by atoms with E-state index in [4.69, 9.17) is 9.47 Å². The molecule has 1 aliphatic rings. The van der Waals surface area contributed by atoms with Gasteiger partial charge in [0, 0.05) is 25.8 Å². The normalized spacial score (nSPS) is 27.6. The molecule has 1 rings (SSSR count). The fraction of sp³-hybridized carbons (Fsp3) is 0.556. The second-order valence-corrected chi connectivity index (χ2v) is 3.09. The molecule has 1 saturated heterocycles. The minimum absolute atomic E-state index is 0.328. The molecule has 0 bridgehead atoms. The highest BCUT2D eigenvalue weighted by atomic mass is 16.7. The Kier molecular flexibility index (Phi) is 2.70. The first-order chi connectivity index (χ1) is 6.06. The quantitative estimate of drug-likeness (QED) is 0.477. The van der Waals surface area contributed by atoms with Crippen LogP contribution >= 0.6 is 0 Å². The van der Waals surface area contributed by atoms with E-state index in [1.165, 1.54) is 0 Å². The van der Waals surface area contributed by atoms with Gasteiger partial charge in [-0.15, -0.1) is 0 Å². The maximum atomic E-state index is 10.9. The zero-order valence-electron chi connectivity index (χ0n) is 7.54. The van der Waals surface area contributed by atoms with Gasteiger partial charge < -0.3 is 9.47 Å². The smallest absolute Gasteiger partial charge is 0.333 e. The van der Waals surface area contributed by atoms with Crippen LogP contribution in [-0.2, 0) is 19.1 Å². The number of hydrogen-bond acceptors (Lipinski definition) is 4. The third-order valence-electron chi connectivity index (χ3n) is 1.82. The third kappa shape index (κ3) is 2.57. The molecule has 1 heterocycles. The fourth-order valence-electron chi connectivity index (χ4n) is 1.22. The first kappa shape index (κ1) is 9.77. The molecule has 1 atom stereocenters. The van der Waals surface area contributed by atoms with Gasteiger partial charge >= 0.3 is 11.9 Å². The first-order valence-electron chi connectivity index (χ1n) is 4.13. The summed E-state index contributed by atoms with van der Waals surface area (Å²) in [7, 11) is 0. The molecule has 0 saturated carbocycles. The molecule has 72 valence electrons. The van der Waals surface area contributed by atoms with Crippen LogP contribution in [0.2, 0.25) is 0 Å². The lowest BCUT2D eigenvalue weighted by Gasteiger charge is -2.31. The average molecular weight is 184 g/mol. The van der Waals surface area contributed by atoms with Crippen LogP contribution in [0.5, 0.6) is 0 Å². The molecule has 0 aliphatic carbocycles. The van der Waals surface area contributed by atoms with Gasteiger partial charge in [0.1, 0.15) is 0 Å². The van der Waals surface area contributed by atoms with Crippen molar-refractivity contribution in [3.63, 3.8) is 0 Å². The fourth-order valence-corrected chi connectivity index (χ4v) is 1.22. The monoisotopic (exact) mass is 184 g/mol. The Morgan fingerprint density at radius 2 is 2.46 bits per heavy atom. The van der Waals surface area contributed by atoms with Crippen LogP contribution in [0.3, 0.4) is 0 Å². The molecule has 1 unspecified atom stereocenters. The van der Waals surface area contributed by atoms with E-state index >= 15 is 0 Å². The molecule has 1 aliphatic heterocycles. The molecule has 0 amide bonds. The summed E-state index contributed by atoms with van der Waals surface area (Å²) in [6.07, 6.45) is 2.66. The van der Waals surface area contributed by atoms with E-state index in [1.807, 2.05) is 0 Å². The molecule has 4 nitrogen and oxygen atoms in total. The van der Waals surface area contributed by atoms with Gasteiger partial charge in [0.05, 0.1) is 0 Å². The van der Waals surface area contributed by atoms with Crippen LogP contribution in [0.4, 0.5) is 0 Å². The Hall–Kier alpha value is -1.32. The third-order valence-corrected chi connectivity index (χ3v) is 1.82. The van der Waals surface area contributed by atoms with Gasteiger partial charge in [0.2, 0.25) is 0 Å². The summed E-state index contributed by atoms with van der Waals surface area (Å²) in [5.41, 5.74) is 0. The molecule has 13 heavy (non-hydrogen) atoms. The van der Waals surface area contributed by atoms with Gasteiger partial charge in [-0.3, -0.25) is 4.79 Å². The standard InChI is InChI=1S/C9H12O4/c1-3-7(10)12-9(2)6-4-5-8(11)13-9/h3H,1,4-6H2,2H3. The van der Waals surface area contributed by atoms with Crippen molar-refractivity contribution in [2.75, 3.05) is 0 Å². The number of hydrogen-bond donors (Lipinski definition) is 0. The molecule has 0 N–H and O–H groups in total. The van der Waals surface area contributed by atoms with E-state index in [1.54, 1.807) is 6.92 Å². The predicted molar refractivity (Wildman–Crippen MR) is 44.6 cm³/mol. The summed E-state index contributed by atoms with van der Waals surface area (Å²) in [5.74, 6) is -2.00. The molecular weight excluding hydrogens is 172 g/mol. The minimum Gasteiger partial charge on any atom is -0.423 e. The van der Waals surface area contributed by atoms with Crippen LogP contribution < -0.4 is 0 Å². The molecule has 0 radical (unpaired) electrons. The van der Waals surface area contributed by atoms with E-state index in [0.717, 1.165) is 6.08 Å². The number of carbonyl (C=O) groups is 2. The Morgan fingerprint density at radius 3 is 3.00 bits per heavy atom. The van der Waals surface area contributed by atoms with Crippen molar-refractivity contribution in [1.29, 1.82) is 0 Å². The molecule has 4 heteroatoms. The van der Waals surface area contributed by atoms with Crippen molar-refractivity contribution in [3.05, 3.63) is 12.7 Å². The van der Waals surface area contributed by atoms with Crippen LogP contribution in [0.15, 0.2) is 12.7 Å². The van der Waals surface area contributed by atoms with Crippen molar-refractivity contribution in [2.45, 2.75) is 32.0 Å². The highest BCUT2D eigenvalue weighted by Gasteiger charge is 2.35. The van der Waals surface area contributed by atoms with E-state index < -0.39 is 11.8 Å². The van der Waals surface area contributed by atoms with E-state index in [2.05, 4.69) is 6.58 Å². The number of carbonyl (C=O) groups excluding carboxylic acids is 2. The second kappa shape index (κ2) is 3.60. The minimum atomic E-state index is -1.10. The Balaban J connectivity index is 2.58. The zero-order valence-corrected chi connectivity index (χ0v) is 7.54. The molecule has 0 aromatic rings. The van der Waals surface area contributed by atoms with Crippen LogP contribution in [0.1, 0.15) is 26.2 Å². The maximum absolute atomic E-state index is 10.9.